The van der Waals surface area contributed by atoms with Crippen LogP contribution in [-0.2, 0) is 15.4 Å². The van der Waals surface area contributed by atoms with Crippen LogP contribution >= 0.6 is 15.9 Å². The lowest BCUT2D eigenvalue weighted by Crippen LogP contribution is -2.12. The van der Waals surface area contributed by atoms with Crippen LogP contribution in [0.4, 0.5) is 8.78 Å². The van der Waals surface area contributed by atoms with E-state index in [2.05, 4.69) is 15.9 Å². The lowest BCUT2D eigenvalue weighted by atomic mass is 10.1. The molecule has 3 aromatic carbocycles. The molecule has 0 saturated carbocycles. The van der Waals surface area contributed by atoms with Gasteiger partial charge in [-0.15, -0.1) is 0 Å². The number of ether oxygens (including phenoxy) is 1. The Hall–Kier alpha value is -3.22. The quantitative estimate of drug-likeness (QED) is 0.327. The highest BCUT2D eigenvalue weighted by Crippen LogP contribution is 2.37. The molecule has 1 aromatic heterocycles. The normalized spacial score (nSPS) is 11.4. The number of aromatic nitrogens is 1. The minimum Gasteiger partial charge on any atom is -0.454 e. The van der Waals surface area contributed by atoms with Crippen LogP contribution < -0.4 is 4.74 Å². The Morgan fingerprint density at radius 1 is 1.03 bits per heavy atom. The maximum Gasteiger partial charge on any atom is 0.268 e. The molecule has 4 rings (SSSR count). The van der Waals surface area contributed by atoms with Gasteiger partial charge in [0.1, 0.15) is 17.6 Å². The molecule has 0 N–H and O–H groups in total. The van der Waals surface area contributed by atoms with E-state index in [1.807, 2.05) is 0 Å². The van der Waals surface area contributed by atoms with Crippen LogP contribution in [-0.4, -0.2) is 12.4 Å². The fraction of sp³-hybridized carbons (Fsp3) is 0.0455. The average molecular weight is 503 g/mol. The van der Waals surface area contributed by atoms with Crippen LogP contribution in [0.25, 0.3) is 10.9 Å². The summed E-state index contributed by atoms with van der Waals surface area (Å²) in [6.45, 7) is 0. The minimum atomic E-state index is -3.93. The number of rotatable bonds is 5. The highest BCUT2D eigenvalue weighted by atomic mass is 79.9. The van der Waals surface area contributed by atoms with Gasteiger partial charge in [0.15, 0.2) is 11.6 Å². The Kier molecular flexibility index (Phi) is 5.52. The van der Waals surface area contributed by atoms with Gasteiger partial charge in [0.25, 0.3) is 10.0 Å². The molecule has 156 valence electrons. The molecule has 0 saturated heterocycles. The summed E-state index contributed by atoms with van der Waals surface area (Å²) in [5.41, 5.74) is 0.291. The molecule has 1 heterocycles. The Balaban J connectivity index is 1.86. The average Bonchev–Trinajstić information content (AvgIpc) is 3.20. The van der Waals surface area contributed by atoms with Crippen molar-refractivity contribution in [2.24, 2.45) is 0 Å². The summed E-state index contributed by atoms with van der Waals surface area (Å²) in [6, 6.07) is 15.7. The van der Waals surface area contributed by atoms with Crippen molar-refractivity contribution in [3.63, 3.8) is 0 Å². The van der Waals surface area contributed by atoms with Gasteiger partial charge in [0.05, 0.1) is 16.0 Å². The standard InChI is InChI=1S/C22H13BrF2N2O3S/c23-12-18-17-8-9-27(31(28,29)16-4-2-1-3-5-16)21(17)11-20(25)22(18)30-15-6-7-19(24)14(10-15)13-26/h1-11H,12H2. The zero-order chi connectivity index (χ0) is 22.2. The number of halogens is 3. The number of nitrogens with zero attached hydrogens (tertiary/aromatic N) is 2. The number of hydrogen-bond acceptors (Lipinski definition) is 4. The SMILES string of the molecule is N#Cc1cc(Oc2c(F)cc3c(ccn3S(=O)(=O)c3ccccc3)c2CBr)ccc1F. The molecule has 5 nitrogen and oxygen atoms in total. The van der Waals surface area contributed by atoms with Gasteiger partial charge in [-0.2, -0.15) is 5.26 Å². The second kappa shape index (κ2) is 8.13. The summed E-state index contributed by atoms with van der Waals surface area (Å²) < 4.78 is 61.4. The van der Waals surface area contributed by atoms with E-state index in [1.54, 1.807) is 30.3 Å². The molecule has 9 heteroatoms. The van der Waals surface area contributed by atoms with E-state index in [1.165, 1.54) is 30.5 Å². The molecule has 0 unspecified atom stereocenters. The van der Waals surface area contributed by atoms with Crippen molar-refractivity contribution in [2.75, 3.05) is 0 Å². The number of benzene rings is 3. The smallest absolute Gasteiger partial charge is 0.268 e. The molecule has 0 amide bonds. The fourth-order valence-electron chi connectivity index (χ4n) is 3.21. The zero-order valence-electron chi connectivity index (χ0n) is 15.7. The third-order valence-electron chi connectivity index (χ3n) is 4.68. The lowest BCUT2D eigenvalue weighted by Gasteiger charge is -2.14. The maximum atomic E-state index is 15.1. The van der Waals surface area contributed by atoms with Crippen LogP contribution in [0.3, 0.4) is 0 Å². The Bertz CT molecular complexity index is 1450. The van der Waals surface area contributed by atoms with Crippen LogP contribution in [0.5, 0.6) is 11.5 Å². The monoisotopic (exact) mass is 502 g/mol. The van der Waals surface area contributed by atoms with Gasteiger partial charge in [-0.05, 0) is 30.3 Å². The van der Waals surface area contributed by atoms with E-state index in [0.717, 1.165) is 16.1 Å². The summed E-state index contributed by atoms with van der Waals surface area (Å²) in [5.74, 6) is -1.58. The maximum absolute atomic E-state index is 15.1. The van der Waals surface area contributed by atoms with Gasteiger partial charge < -0.3 is 4.74 Å². The fourth-order valence-corrected chi connectivity index (χ4v) is 5.12. The minimum absolute atomic E-state index is 0.0731. The Morgan fingerprint density at radius 2 is 1.77 bits per heavy atom. The molecule has 0 atom stereocenters. The van der Waals surface area contributed by atoms with E-state index in [9.17, 15) is 12.8 Å². The first kappa shape index (κ1) is 21.0. The van der Waals surface area contributed by atoms with Crippen LogP contribution in [0.15, 0.2) is 71.8 Å². The third kappa shape index (κ3) is 3.69. The highest BCUT2D eigenvalue weighted by molar-refractivity contribution is 9.08. The van der Waals surface area contributed by atoms with Crippen LogP contribution in [0.2, 0.25) is 0 Å². The van der Waals surface area contributed by atoms with E-state index in [-0.39, 0.29) is 32.8 Å². The highest BCUT2D eigenvalue weighted by Gasteiger charge is 2.23. The first-order valence-corrected chi connectivity index (χ1v) is 11.5. The van der Waals surface area contributed by atoms with Crippen LogP contribution in [0.1, 0.15) is 11.1 Å². The number of nitriles is 1. The molecule has 31 heavy (non-hydrogen) atoms. The first-order chi connectivity index (χ1) is 14.9. The summed E-state index contributed by atoms with van der Waals surface area (Å²) >= 11 is 3.30. The molecular weight excluding hydrogens is 490 g/mol. The summed E-state index contributed by atoms with van der Waals surface area (Å²) in [6.07, 6.45) is 1.36. The molecule has 4 aromatic rings. The molecular formula is C22H13BrF2N2O3S. The van der Waals surface area contributed by atoms with Gasteiger partial charge in [-0.3, -0.25) is 0 Å². The zero-order valence-corrected chi connectivity index (χ0v) is 18.1. The van der Waals surface area contributed by atoms with Crippen LogP contribution in [0, 0.1) is 23.0 Å². The number of alkyl halides is 1. The Labute approximate surface area is 185 Å². The van der Waals surface area contributed by atoms with Crippen molar-refractivity contribution < 1.29 is 21.9 Å². The molecule has 0 aliphatic rings. The molecule has 0 spiro atoms. The summed E-state index contributed by atoms with van der Waals surface area (Å²) in [5, 5.41) is 9.62. The Morgan fingerprint density at radius 3 is 2.45 bits per heavy atom. The predicted octanol–water partition coefficient (Wildman–Crippen LogP) is 5.72. The van der Waals surface area contributed by atoms with E-state index >= 15 is 4.39 Å². The predicted molar refractivity (Wildman–Crippen MR) is 115 cm³/mol. The molecule has 0 radical (unpaired) electrons. The van der Waals surface area contributed by atoms with E-state index in [0.29, 0.717) is 10.9 Å². The van der Waals surface area contributed by atoms with E-state index in [4.69, 9.17) is 10.00 Å². The lowest BCUT2D eigenvalue weighted by molar-refractivity contribution is 0.438. The first-order valence-electron chi connectivity index (χ1n) is 8.93. The van der Waals surface area contributed by atoms with Gasteiger partial charge in [-0.1, -0.05) is 34.1 Å². The van der Waals surface area contributed by atoms with Crippen molar-refractivity contribution in [3.8, 4) is 17.6 Å². The van der Waals surface area contributed by atoms with Gasteiger partial charge >= 0.3 is 0 Å². The van der Waals surface area contributed by atoms with Crippen molar-refractivity contribution in [3.05, 3.63) is 89.6 Å². The number of fused-ring (bicyclic) bond motifs is 1. The molecule has 0 aliphatic carbocycles. The second-order valence-electron chi connectivity index (χ2n) is 6.52. The summed E-state index contributed by atoms with van der Waals surface area (Å²) in [7, 11) is -3.93. The van der Waals surface area contributed by atoms with Crippen molar-refractivity contribution in [1.29, 1.82) is 5.26 Å². The second-order valence-corrected chi connectivity index (χ2v) is 8.89. The van der Waals surface area contributed by atoms with Crippen molar-refractivity contribution in [2.45, 2.75) is 10.2 Å². The largest absolute Gasteiger partial charge is 0.454 e. The molecule has 0 aliphatic heterocycles. The third-order valence-corrected chi connectivity index (χ3v) is 6.95. The number of hydrogen-bond donors (Lipinski definition) is 0. The van der Waals surface area contributed by atoms with Gasteiger partial charge in [-0.25, -0.2) is 21.2 Å². The molecule has 0 bridgehead atoms. The molecule has 0 fully saturated rings. The van der Waals surface area contributed by atoms with Gasteiger partial charge in [0.2, 0.25) is 0 Å². The topological polar surface area (TPSA) is 72.1 Å². The van der Waals surface area contributed by atoms with Crippen molar-refractivity contribution >= 4 is 36.9 Å². The van der Waals surface area contributed by atoms with Crippen molar-refractivity contribution in [1.82, 2.24) is 3.97 Å². The summed E-state index contributed by atoms with van der Waals surface area (Å²) in [4.78, 5) is 0.0731. The van der Waals surface area contributed by atoms with E-state index < -0.39 is 21.7 Å². The van der Waals surface area contributed by atoms with Gasteiger partial charge in [0, 0.05) is 34.6 Å².